The fraction of sp³-hybridized carbons (Fsp3) is 0.568. The van der Waals surface area contributed by atoms with Gasteiger partial charge in [0.05, 0.1) is 5.92 Å². The Morgan fingerprint density at radius 1 is 1.04 bits per heavy atom. The van der Waals surface area contributed by atoms with Gasteiger partial charge in [0.25, 0.3) is 11.8 Å². The number of aliphatic imine (C=N–C) groups is 1. The van der Waals surface area contributed by atoms with Crippen LogP contribution in [0.3, 0.4) is 0 Å². The monoisotopic (exact) mass is 628 g/mol. The molecule has 2 aromatic rings. The molecular weight excluding hydrogens is 576 g/mol. The van der Waals surface area contributed by atoms with E-state index in [1.54, 1.807) is 0 Å². The molecule has 0 bridgehead atoms. The van der Waals surface area contributed by atoms with E-state index in [2.05, 4.69) is 78.1 Å². The molecule has 2 saturated heterocycles. The molecule has 2 fully saturated rings. The molecule has 0 spiro atoms. The molecule has 248 valence electrons. The molecule has 0 aliphatic carbocycles. The van der Waals surface area contributed by atoms with E-state index in [0.29, 0.717) is 17.6 Å². The Morgan fingerprint density at radius 2 is 1.76 bits per heavy atom. The van der Waals surface area contributed by atoms with Gasteiger partial charge in [-0.3, -0.25) is 9.59 Å². The maximum atomic E-state index is 14.0. The lowest BCUT2D eigenvalue weighted by Gasteiger charge is -2.37. The second-order valence-electron chi connectivity index (χ2n) is 13.5. The van der Waals surface area contributed by atoms with Gasteiger partial charge in [0, 0.05) is 80.2 Å². The van der Waals surface area contributed by atoms with Crippen molar-refractivity contribution in [3.05, 3.63) is 53.2 Å². The van der Waals surface area contributed by atoms with Crippen molar-refractivity contribution in [2.45, 2.75) is 72.4 Å². The lowest BCUT2D eigenvalue weighted by atomic mass is 9.86. The summed E-state index contributed by atoms with van der Waals surface area (Å²) in [5.74, 6) is 0.348. The number of aromatic nitrogens is 1. The van der Waals surface area contributed by atoms with Gasteiger partial charge >= 0.3 is 0 Å². The zero-order chi connectivity index (χ0) is 33.0. The molecule has 0 radical (unpaired) electrons. The van der Waals surface area contributed by atoms with Crippen LogP contribution in [0.15, 0.2) is 47.1 Å². The van der Waals surface area contributed by atoms with Crippen LogP contribution < -0.4 is 15.1 Å². The van der Waals surface area contributed by atoms with Gasteiger partial charge in [0.15, 0.2) is 0 Å². The van der Waals surface area contributed by atoms with Gasteiger partial charge in [-0.05, 0) is 108 Å². The molecule has 2 amide bonds. The summed E-state index contributed by atoms with van der Waals surface area (Å²) in [7, 11) is 4.31. The Labute approximate surface area is 275 Å². The largest absolute Gasteiger partial charge is 0.381 e. The molecular formula is C37H52N6O3. The van der Waals surface area contributed by atoms with Crippen molar-refractivity contribution in [1.82, 2.24) is 15.2 Å². The first-order chi connectivity index (χ1) is 22.1. The standard InChI is InChI=1S/C37H52N6O3/c1-8-43(30-13-17-46-18-14-30)34-21-28(27-9-10-35(38-22-27)42-15-11-29(12-16-42)41(6)7)20-32(26(34)5)36(44)39-23-33-31(24(2)3)19-25(4)40-37(33)45/h9-10,19-22,24,29-30,33H,8,11-18,23H2,1-7H3,(H,39,44). The predicted octanol–water partition coefficient (Wildman–Crippen LogP) is 5.52. The van der Waals surface area contributed by atoms with Gasteiger partial charge in [0.1, 0.15) is 5.82 Å². The van der Waals surface area contributed by atoms with Crippen molar-refractivity contribution in [3.8, 4) is 11.1 Å². The summed E-state index contributed by atoms with van der Waals surface area (Å²) < 4.78 is 5.68. The summed E-state index contributed by atoms with van der Waals surface area (Å²) in [5.41, 5.74) is 6.27. The predicted molar refractivity (Wildman–Crippen MR) is 187 cm³/mol. The van der Waals surface area contributed by atoms with E-state index in [9.17, 15) is 9.59 Å². The summed E-state index contributed by atoms with van der Waals surface area (Å²) in [6.45, 7) is 14.7. The van der Waals surface area contributed by atoms with Crippen LogP contribution in [0, 0.1) is 18.8 Å². The first kappa shape index (κ1) is 33.8. The van der Waals surface area contributed by atoms with Gasteiger partial charge < -0.3 is 24.8 Å². The van der Waals surface area contributed by atoms with E-state index in [0.717, 1.165) is 98.0 Å². The van der Waals surface area contributed by atoms with Crippen LogP contribution >= 0.6 is 0 Å². The number of carbonyl (C=O) groups excluding carboxylic acids is 2. The van der Waals surface area contributed by atoms with Crippen LogP contribution in [0.2, 0.25) is 0 Å². The Balaban J connectivity index is 1.44. The van der Waals surface area contributed by atoms with Crippen molar-refractivity contribution >= 4 is 29.0 Å². The van der Waals surface area contributed by atoms with Gasteiger partial charge in [-0.15, -0.1) is 0 Å². The molecule has 1 aromatic heterocycles. The molecule has 9 nitrogen and oxygen atoms in total. The number of hydrogen-bond acceptors (Lipinski definition) is 7. The lowest BCUT2D eigenvalue weighted by Crippen LogP contribution is -2.42. The number of anilines is 2. The van der Waals surface area contributed by atoms with Crippen molar-refractivity contribution in [1.29, 1.82) is 0 Å². The highest BCUT2D eigenvalue weighted by molar-refractivity contribution is 6.06. The van der Waals surface area contributed by atoms with Crippen molar-refractivity contribution < 1.29 is 14.3 Å². The van der Waals surface area contributed by atoms with E-state index in [1.807, 2.05) is 32.2 Å². The number of pyridine rings is 1. The summed E-state index contributed by atoms with van der Waals surface area (Å²) in [4.78, 5) is 43.1. The molecule has 3 aliphatic heterocycles. The highest BCUT2D eigenvalue weighted by Crippen LogP contribution is 2.34. The molecule has 0 saturated carbocycles. The minimum Gasteiger partial charge on any atom is -0.381 e. The van der Waals surface area contributed by atoms with Crippen molar-refractivity contribution in [2.75, 3.05) is 63.3 Å². The maximum Gasteiger partial charge on any atom is 0.254 e. The molecule has 1 unspecified atom stereocenters. The number of amides is 2. The highest BCUT2D eigenvalue weighted by Gasteiger charge is 2.30. The molecule has 1 N–H and O–H groups in total. The first-order valence-corrected chi connectivity index (χ1v) is 17.0. The third-order valence-corrected chi connectivity index (χ3v) is 10.0. The fourth-order valence-electron chi connectivity index (χ4n) is 7.21. The zero-order valence-corrected chi connectivity index (χ0v) is 28.8. The number of nitrogens with zero attached hydrogens (tertiary/aromatic N) is 5. The molecule has 46 heavy (non-hydrogen) atoms. The Bertz CT molecular complexity index is 1450. The number of dihydropyridines is 1. The molecule has 5 rings (SSSR count). The molecule has 1 aromatic carbocycles. The average molecular weight is 629 g/mol. The number of hydrogen-bond donors (Lipinski definition) is 1. The van der Waals surface area contributed by atoms with E-state index in [1.165, 1.54) is 0 Å². The van der Waals surface area contributed by atoms with Crippen molar-refractivity contribution in [3.63, 3.8) is 0 Å². The van der Waals surface area contributed by atoms with Gasteiger partial charge in [-0.25, -0.2) is 9.98 Å². The number of carbonyl (C=O) groups is 2. The smallest absolute Gasteiger partial charge is 0.254 e. The van der Waals surface area contributed by atoms with Crippen molar-refractivity contribution in [2.24, 2.45) is 16.8 Å². The van der Waals surface area contributed by atoms with Gasteiger partial charge in [-0.1, -0.05) is 19.4 Å². The average Bonchev–Trinajstić information content (AvgIpc) is 3.05. The highest BCUT2D eigenvalue weighted by atomic mass is 16.5. The zero-order valence-electron chi connectivity index (χ0n) is 28.8. The summed E-state index contributed by atoms with van der Waals surface area (Å²) >= 11 is 0. The molecule has 4 heterocycles. The van der Waals surface area contributed by atoms with Crippen LogP contribution in [0.4, 0.5) is 11.5 Å². The Morgan fingerprint density at radius 3 is 2.37 bits per heavy atom. The van der Waals surface area contributed by atoms with E-state index in [4.69, 9.17) is 9.72 Å². The van der Waals surface area contributed by atoms with Crippen LogP contribution in [0.1, 0.15) is 69.3 Å². The van der Waals surface area contributed by atoms with Crippen LogP contribution in [0.5, 0.6) is 0 Å². The summed E-state index contributed by atoms with van der Waals surface area (Å²) in [6, 6.07) is 9.39. The van der Waals surface area contributed by atoms with Crippen LogP contribution in [0.25, 0.3) is 11.1 Å². The topological polar surface area (TPSA) is 90.4 Å². The number of allylic oxidation sites excluding steroid dienone is 1. The number of nitrogens with one attached hydrogen (secondary N) is 1. The third-order valence-electron chi connectivity index (χ3n) is 10.0. The van der Waals surface area contributed by atoms with E-state index >= 15 is 0 Å². The normalized spacial score (nSPS) is 19.8. The molecule has 1 atom stereocenters. The van der Waals surface area contributed by atoms with Crippen LogP contribution in [-0.2, 0) is 9.53 Å². The third kappa shape index (κ3) is 7.52. The Hall–Kier alpha value is -3.56. The Kier molecular flexibility index (Phi) is 10.9. The number of benzene rings is 1. The summed E-state index contributed by atoms with van der Waals surface area (Å²) in [5, 5.41) is 3.11. The number of rotatable bonds is 10. The quantitative estimate of drug-likeness (QED) is 0.371. The number of piperidine rings is 1. The summed E-state index contributed by atoms with van der Waals surface area (Å²) in [6.07, 6.45) is 8.09. The molecule has 3 aliphatic rings. The maximum absolute atomic E-state index is 14.0. The second-order valence-corrected chi connectivity index (χ2v) is 13.5. The number of ether oxygens (including phenoxy) is 1. The van der Waals surface area contributed by atoms with Crippen LogP contribution in [-0.4, -0.2) is 93.0 Å². The SMILES string of the molecule is CCN(c1cc(-c2ccc(N3CCC(N(C)C)CC3)nc2)cc(C(=O)NCC2C(=O)N=C(C)C=C2C(C)C)c1C)C1CCOCC1. The minimum atomic E-state index is -0.454. The minimum absolute atomic E-state index is 0.181. The molecule has 9 heteroatoms. The second kappa shape index (κ2) is 14.9. The first-order valence-electron chi connectivity index (χ1n) is 17.0. The van der Waals surface area contributed by atoms with E-state index < -0.39 is 5.92 Å². The van der Waals surface area contributed by atoms with E-state index in [-0.39, 0.29) is 24.3 Å². The van der Waals surface area contributed by atoms with Gasteiger partial charge in [-0.2, -0.15) is 0 Å². The lowest BCUT2D eigenvalue weighted by molar-refractivity contribution is -0.120. The fourth-order valence-corrected chi connectivity index (χ4v) is 7.21. The van der Waals surface area contributed by atoms with Gasteiger partial charge in [0.2, 0.25) is 0 Å².